The molecule has 1 saturated heterocycles. The number of hydrogen-bond acceptors (Lipinski definition) is 3. The molecule has 1 aliphatic heterocycles. The Labute approximate surface area is 132 Å². The molecule has 4 heteroatoms. The average molecular weight is 306 g/mol. The summed E-state index contributed by atoms with van der Waals surface area (Å²) in [7, 11) is 0. The molecule has 2 atom stereocenters. The van der Waals surface area contributed by atoms with Gasteiger partial charge in [0.05, 0.1) is 5.52 Å². The normalized spacial score (nSPS) is 23.0. The maximum Gasteiger partial charge on any atom is 0.0746 e. The van der Waals surface area contributed by atoms with Crippen LogP contribution in [-0.2, 0) is 6.54 Å². The summed E-state index contributed by atoms with van der Waals surface area (Å²) < 4.78 is 0. The largest absolute Gasteiger partial charge is 0.329 e. The summed E-state index contributed by atoms with van der Waals surface area (Å²) in [6.07, 6.45) is 4.37. The van der Waals surface area contributed by atoms with E-state index < -0.39 is 0 Å². The van der Waals surface area contributed by atoms with Gasteiger partial charge in [0.15, 0.2) is 0 Å². The van der Waals surface area contributed by atoms with Crippen LogP contribution >= 0.6 is 12.4 Å². The second kappa shape index (κ2) is 7.21. The zero-order valence-corrected chi connectivity index (χ0v) is 13.4. The molecule has 21 heavy (non-hydrogen) atoms. The van der Waals surface area contributed by atoms with Gasteiger partial charge in [-0.3, -0.25) is 9.88 Å². The standard InChI is InChI=1S/C17H23N3.ClH/c1-13-7-9-20(16(10-13)11-18)12-15-5-2-4-14-6-3-8-19-17(14)15;/h2-6,8,13,16H,7,9-12,18H2,1H3;1H. The molecule has 2 unspecified atom stereocenters. The van der Waals surface area contributed by atoms with Gasteiger partial charge in [0, 0.05) is 30.7 Å². The molecular weight excluding hydrogens is 282 g/mol. The fourth-order valence-corrected chi connectivity index (χ4v) is 3.27. The number of aromatic nitrogens is 1. The van der Waals surface area contributed by atoms with E-state index in [-0.39, 0.29) is 12.4 Å². The van der Waals surface area contributed by atoms with Gasteiger partial charge in [0.25, 0.3) is 0 Å². The Morgan fingerprint density at radius 2 is 2.10 bits per heavy atom. The van der Waals surface area contributed by atoms with E-state index in [2.05, 4.69) is 41.1 Å². The van der Waals surface area contributed by atoms with Gasteiger partial charge in [0.1, 0.15) is 0 Å². The third kappa shape index (κ3) is 3.54. The van der Waals surface area contributed by atoms with E-state index in [0.717, 1.165) is 31.1 Å². The molecule has 0 radical (unpaired) electrons. The summed E-state index contributed by atoms with van der Waals surface area (Å²) in [4.78, 5) is 7.09. The topological polar surface area (TPSA) is 42.2 Å². The maximum absolute atomic E-state index is 5.96. The van der Waals surface area contributed by atoms with Gasteiger partial charge in [0.2, 0.25) is 0 Å². The van der Waals surface area contributed by atoms with Crippen LogP contribution in [0.1, 0.15) is 25.3 Å². The molecule has 0 bridgehead atoms. The van der Waals surface area contributed by atoms with Gasteiger partial charge in [-0.25, -0.2) is 0 Å². The summed E-state index contributed by atoms with van der Waals surface area (Å²) >= 11 is 0. The lowest BCUT2D eigenvalue weighted by atomic mass is 9.92. The Kier molecular flexibility index (Phi) is 5.57. The highest BCUT2D eigenvalue weighted by Gasteiger charge is 2.25. The van der Waals surface area contributed by atoms with E-state index >= 15 is 0 Å². The van der Waals surface area contributed by atoms with Gasteiger partial charge >= 0.3 is 0 Å². The number of hydrogen-bond donors (Lipinski definition) is 1. The SMILES string of the molecule is CC1CCN(Cc2cccc3cccnc23)C(CN)C1.Cl. The second-order valence-corrected chi connectivity index (χ2v) is 5.98. The number of likely N-dealkylation sites (tertiary alicyclic amines) is 1. The molecule has 1 aromatic carbocycles. The molecule has 2 N–H and O–H groups in total. The van der Waals surface area contributed by atoms with E-state index in [1.165, 1.54) is 23.8 Å². The lowest BCUT2D eigenvalue weighted by Gasteiger charge is -2.38. The first-order valence-corrected chi connectivity index (χ1v) is 7.54. The quantitative estimate of drug-likeness (QED) is 0.947. The monoisotopic (exact) mass is 305 g/mol. The van der Waals surface area contributed by atoms with Crippen LogP contribution in [0.25, 0.3) is 10.9 Å². The van der Waals surface area contributed by atoms with Crippen LogP contribution in [-0.4, -0.2) is 29.0 Å². The van der Waals surface area contributed by atoms with Gasteiger partial charge < -0.3 is 5.73 Å². The summed E-state index contributed by atoms with van der Waals surface area (Å²) in [5.41, 5.74) is 8.41. The number of halogens is 1. The van der Waals surface area contributed by atoms with Crippen molar-refractivity contribution in [1.82, 2.24) is 9.88 Å². The average Bonchev–Trinajstić information content (AvgIpc) is 2.49. The van der Waals surface area contributed by atoms with Crippen molar-refractivity contribution in [2.45, 2.75) is 32.4 Å². The molecule has 2 aromatic rings. The van der Waals surface area contributed by atoms with Crippen LogP contribution in [0.15, 0.2) is 36.5 Å². The van der Waals surface area contributed by atoms with Crippen molar-refractivity contribution in [2.75, 3.05) is 13.1 Å². The highest BCUT2D eigenvalue weighted by molar-refractivity contribution is 5.85. The van der Waals surface area contributed by atoms with Gasteiger partial charge in [-0.05, 0) is 36.9 Å². The third-order valence-electron chi connectivity index (χ3n) is 4.46. The molecule has 114 valence electrons. The molecule has 1 fully saturated rings. The van der Waals surface area contributed by atoms with Crippen molar-refractivity contribution in [3.63, 3.8) is 0 Å². The number of benzene rings is 1. The Hall–Kier alpha value is -1.16. The molecule has 2 heterocycles. The first kappa shape index (κ1) is 16.2. The van der Waals surface area contributed by atoms with Crippen molar-refractivity contribution >= 4 is 23.3 Å². The van der Waals surface area contributed by atoms with Crippen molar-refractivity contribution in [1.29, 1.82) is 0 Å². The number of rotatable bonds is 3. The second-order valence-electron chi connectivity index (χ2n) is 5.98. The van der Waals surface area contributed by atoms with Crippen molar-refractivity contribution in [3.8, 4) is 0 Å². The zero-order valence-electron chi connectivity index (χ0n) is 12.5. The first-order chi connectivity index (χ1) is 9.78. The summed E-state index contributed by atoms with van der Waals surface area (Å²) in [6.45, 7) is 5.19. The summed E-state index contributed by atoms with van der Waals surface area (Å²) in [5.74, 6) is 0.797. The molecule has 3 nitrogen and oxygen atoms in total. The van der Waals surface area contributed by atoms with Crippen LogP contribution in [0.4, 0.5) is 0 Å². The molecule has 0 saturated carbocycles. The molecule has 1 aliphatic rings. The van der Waals surface area contributed by atoms with E-state index in [4.69, 9.17) is 5.73 Å². The van der Waals surface area contributed by atoms with Crippen LogP contribution < -0.4 is 5.73 Å². The number of fused-ring (bicyclic) bond motifs is 1. The molecule has 0 aliphatic carbocycles. The molecule has 0 spiro atoms. The molecular formula is C17H24ClN3. The summed E-state index contributed by atoms with van der Waals surface area (Å²) in [5, 5.41) is 1.22. The molecule has 0 amide bonds. The Balaban J connectivity index is 0.00000161. The fourth-order valence-electron chi connectivity index (χ4n) is 3.27. The predicted molar refractivity (Wildman–Crippen MR) is 90.6 cm³/mol. The van der Waals surface area contributed by atoms with Gasteiger partial charge in [-0.1, -0.05) is 31.2 Å². The lowest BCUT2D eigenvalue weighted by molar-refractivity contribution is 0.115. The van der Waals surface area contributed by atoms with E-state index in [1.54, 1.807) is 0 Å². The number of nitrogens with two attached hydrogens (primary N) is 1. The van der Waals surface area contributed by atoms with Crippen LogP contribution in [0.5, 0.6) is 0 Å². The van der Waals surface area contributed by atoms with Crippen molar-refractivity contribution in [2.24, 2.45) is 11.7 Å². The van der Waals surface area contributed by atoms with Gasteiger partial charge in [-0.15, -0.1) is 12.4 Å². The molecule has 1 aromatic heterocycles. The first-order valence-electron chi connectivity index (χ1n) is 7.54. The fraction of sp³-hybridized carbons (Fsp3) is 0.471. The highest BCUT2D eigenvalue weighted by atomic mass is 35.5. The number of nitrogens with zero attached hydrogens (tertiary/aromatic N) is 2. The number of para-hydroxylation sites is 1. The Bertz CT molecular complexity index is 582. The Morgan fingerprint density at radius 1 is 1.29 bits per heavy atom. The third-order valence-corrected chi connectivity index (χ3v) is 4.46. The zero-order chi connectivity index (χ0) is 13.9. The number of piperidine rings is 1. The van der Waals surface area contributed by atoms with Crippen LogP contribution in [0, 0.1) is 5.92 Å². The smallest absolute Gasteiger partial charge is 0.0746 e. The minimum Gasteiger partial charge on any atom is -0.329 e. The lowest BCUT2D eigenvalue weighted by Crippen LogP contribution is -2.45. The molecule has 3 rings (SSSR count). The van der Waals surface area contributed by atoms with Crippen LogP contribution in [0.3, 0.4) is 0 Å². The van der Waals surface area contributed by atoms with E-state index in [0.29, 0.717) is 6.04 Å². The van der Waals surface area contributed by atoms with Crippen molar-refractivity contribution < 1.29 is 0 Å². The summed E-state index contributed by atoms with van der Waals surface area (Å²) in [6, 6.07) is 11.1. The highest BCUT2D eigenvalue weighted by Crippen LogP contribution is 2.25. The van der Waals surface area contributed by atoms with E-state index in [9.17, 15) is 0 Å². The minimum atomic E-state index is 0. The predicted octanol–water partition coefficient (Wildman–Crippen LogP) is 3.22. The number of pyridine rings is 1. The van der Waals surface area contributed by atoms with Crippen molar-refractivity contribution in [3.05, 3.63) is 42.1 Å². The maximum atomic E-state index is 5.96. The van der Waals surface area contributed by atoms with Crippen LogP contribution in [0.2, 0.25) is 0 Å². The Morgan fingerprint density at radius 3 is 2.90 bits per heavy atom. The van der Waals surface area contributed by atoms with E-state index in [1.807, 2.05) is 12.3 Å². The van der Waals surface area contributed by atoms with Gasteiger partial charge in [-0.2, -0.15) is 0 Å². The minimum absolute atomic E-state index is 0.